The Hall–Kier alpha value is -1.59. The Morgan fingerprint density at radius 3 is 2.95 bits per heavy atom. The maximum absolute atomic E-state index is 12.0. The molecule has 0 spiro atoms. The molecule has 2 rings (SSSR count). The number of alkyl halides is 1. The van der Waals surface area contributed by atoms with Crippen LogP contribution in [0.15, 0.2) is 29.6 Å². The van der Waals surface area contributed by atoms with Crippen LogP contribution in [0, 0.1) is 0 Å². The van der Waals surface area contributed by atoms with Crippen molar-refractivity contribution in [1.29, 1.82) is 0 Å². The van der Waals surface area contributed by atoms with Crippen LogP contribution in [0.1, 0.15) is 17.6 Å². The van der Waals surface area contributed by atoms with Gasteiger partial charge < -0.3 is 10.1 Å². The summed E-state index contributed by atoms with van der Waals surface area (Å²) in [5.74, 6) is 0.919. The number of nitrogens with zero attached hydrogens (tertiary/aromatic N) is 1. The van der Waals surface area contributed by atoms with E-state index in [1.54, 1.807) is 0 Å². The molecular formula is C14H15ClN2O2S. The molecule has 106 valence electrons. The van der Waals surface area contributed by atoms with Crippen molar-refractivity contribution in [1.82, 2.24) is 4.98 Å². The van der Waals surface area contributed by atoms with Crippen molar-refractivity contribution >= 4 is 34.5 Å². The van der Waals surface area contributed by atoms with E-state index in [9.17, 15) is 4.79 Å². The lowest BCUT2D eigenvalue weighted by Crippen LogP contribution is -2.15. The standard InChI is InChI=1S/C14H15ClN2O2S/c1-2-19-12-6-4-3-5-11(12)17-13(18)7-14-16-10(8-15)9-20-14/h3-6,9H,2,7-8H2,1H3,(H,17,18). The average Bonchev–Trinajstić information content (AvgIpc) is 2.89. The Bertz CT molecular complexity index is 586. The molecule has 1 amide bonds. The van der Waals surface area contributed by atoms with Crippen LogP contribution < -0.4 is 10.1 Å². The molecule has 0 aliphatic heterocycles. The van der Waals surface area contributed by atoms with Crippen LogP contribution in [0.4, 0.5) is 5.69 Å². The van der Waals surface area contributed by atoms with Crippen LogP contribution in [0.25, 0.3) is 0 Å². The lowest BCUT2D eigenvalue weighted by Gasteiger charge is -2.10. The maximum atomic E-state index is 12.0. The first-order valence-electron chi connectivity index (χ1n) is 6.24. The molecule has 0 aliphatic rings. The van der Waals surface area contributed by atoms with Crippen LogP contribution >= 0.6 is 22.9 Å². The summed E-state index contributed by atoms with van der Waals surface area (Å²) in [6.07, 6.45) is 0.238. The second kappa shape index (κ2) is 7.26. The van der Waals surface area contributed by atoms with Gasteiger partial charge in [0.2, 0.25) is 5.91 Å². The number of amides is 1. The van der Waals surface area contributed by atoms with Crippen molar-refractivity contribution in [2.75, 3.05) is 11.9 Å². The molecule has 0 saturated heterocycles. The highest BCUT2D eigenvalue weighted by molar-refractivity contribution is 7.09. The van der Waals surface area contributed by atoms with Crippen molar-refractivity contribution in [2.45, 2.75) is 19.2 Å². The molecule has 0 radical (unpaired) electrons. The summed E-state index contributed by atoms with van der Waals surface area (Å²) in [7, 11) is 0. The third-order valence-electron chi connectivity index (χ3n) is 2.51. The lowest BCUT2D eigenvalue weighted by atomic mass is 10.3. The minimum Gasteiger partial charge on any atom is -0.492 e. The molecule has 6 heteroatoms. The first-order chi connectivity index (χ1) is 9.72. The Kier molecular flexibility index (Phi) is 5.38. The second-order valence-electron chi connectivity index (χ2n) is 4.02. The molecule has 0 unspecified atom stereocenters. The van der Waals surface area contributed by atoms with Gasteiger partial charge in [0.05, 0.1) is 30.3 Å². The summed E-state index contributed by atoms with van der Waals surface area (Å²) < 4.78 is 5.46. The van der Waals surface area contributed by atoms with Crippen molar-refractivity contribution < 1.29 is 9.53 Å². The summed E-state index contributed by atoms with van der Waals surface area (Å²) in [5.41, 5.74) is 1.47. The van der Waals surface area contributed by atoms with Crippen LogP contribution in [-0.4, -0.2) is 17.5 Å². The van der Waals surface area contributed by atoms with Gasteiger partial charge >= 0.3 is 0 Å². The van der Waals surface area contributed by atoms with E-state index in [-0.39, 0.29) is 12.3 Å². The van der Waals surface area contributed by atoms with Gasteiger partial charge in [-0.25, -0.2) is 4.98 Å². The highest BCUT2D eigenvalue weighted by Crippen LogP contribution is 2.24. The lowest BCUT2D eigenvalue weighted by molar-refractivity contribution is -0.115. The highest BCUT2D eigenvalue weighted by Gasteiger charge is 2.10. The molecule has 0 fully saturated rings. The Morgan fingerprint density at radius 2 is 2.25 bits per heavy atom. The van der Waals surface area contributed by atoms with Gasteiger partial charge in [0.1, 0.15) is 10.8 Å². The van der Waals surface area contributed by atoms with Crippen molar-refractivity contribution in [3.05, 3.63) is 40.3 Å². The summed E-state index contributed by atoms with van der Waals surface area (Å²) in [6.45, 7) is 2.46. The minimum atomic E-state index is -0.118. The zero-order chi connectivity index (χ0) is 14.4. The van der Waals surface area contributed by atoms with Gasteiger partial charge in [-0.2, -0.15) is 0 Å². The number of rotatable bonds is 6. The molecule has 20 heavy (non-hydrogen) atoms. The fourth-order valence-corrected chi connectivity index (χ4v) is 2.70. The Balaban J connectivity index is 2.00. The third kappa shape index (κ3) is 3.95. The number of benzene rings is 1. The van der Waals surface area contributed by atoms with Crippen molar-refractivity contribution in [3.8, 4) is 5.75 Å². The number of hydrogen-bond donors (Lipinski definition) is 1. The number of aromatic nitrogens is 1. The number of para-hydroxylation sites is 2. The number of halogens is 1. The Labute approximate surface area is 126 Å². The highest BCUT2D eigenvalue weighted by atomic mass is 35.5. The van der Waals surface area contributed by atoms with E-state index in [0.717, 1.165) is 10.7 Å². The van der Waals surface area contributed by atoms with E-state index in [4.69, 9.17) is 16.3 Å². The summed E-state index contributed by atoms with van der Waals surface area (Å²) in [5, 5.41) is 5.46. The molecule has 1 aromatic carbocycles. The normalized spacial score (nSPS) is 10.3. The largest absolute Gasteiger partial charge is 0.492 e. The van der Waals surface area contributed by atoms with Crippen molar-refractivity contribution in [3.63, 3.8) is 0 Å². The third-order valence-corrected chi connectivity index (χ3v) is 3.68. The first kappa shape index (κ1) is 14.8. The molecule has 4 nitrogen and oxygen atoms in total. The van der Waals surface area contributed by atoms with Gasteiger partial charge in [0, 0.05) is 5.38 Å². The summed E-state index contributed by atoms with van der Waals surface area (Å²) in [4.78, 5) is 16.3. The minimum absolute atomic E-state index is 0.118. The van der Waals surface area contributed by atoms with Gasteiger partial charge in [-0.15, -0.1) is 22.9 Å². The van der Waals surface area contributed by atoms with Crippen LogP contribution in [-0.2, 0) is 17.1 Å². The average molecular weight is 311 g/mol. The van der Waals surface area contributed by atoms with Crippen LogP contribution in [0.2, 0.25) is 0 Å². The first-order valence-corrected chi connectivity index (χ1v) is 7.65. The maximum Gasteiger partial charge on any atom is 0.231 e. The van der Waals surface area contributed by atoms with E-state index in [1.165, 1.54) is 11.3 Å². The van der Waals surface area contributed by atoms with Gasteiger partial charge in [0.25, 0.3) is 0 Å². The topological polar surface area (TPSA) is 51.2 Å². The van der Waals surface area contributed by atoms with E-state index in [1.807, 2.05) is 36.6 Å². The molecule has 0 bridgehead atoms. The van der Waals surface area contributed by atoms with Crippen LogP contribution in [0.3, 0.4) is 0 Å². The molecule has 1 aromatic heterocycles. The molecule has 0 atom stereocenters. The van der Waals surface area contributed by atoms with Crippen LogP contribution in [0.5, 0.6) is 5.75 Å². The molecule has 0 saturated carbocycles. The van der Waals surface area contributed by atoms with E-state index in [2.05, 4.69) is 10.3 Å². The zero-order valence-corrected chi connectivity index (χ0v) is 12.6. The van der Waals surface area contributed by atoms with E-state index in [0.29, 0.717) is 23.9 Å². The van der Waals surface area contributed by atoms with Gasteiger partial charge in [-0.1, -0.05) is 12.1 Å². The van der Waals surface area contributed by atoms with Gasteiger partial charge in [-0.3, -0.25) is 4.79 Å². The molecule has 1 N–H and O–H groups in total. The number of thiazole rings is 1. The summed E-state index contributed by atoms with van der Waals surface area (Å²) in [6, 6.07) is 7.37. The number of nitrogens with one attached hydrogen (secondary N) is 1. The SMILES string of the molecule is CCOc1ccccc1NC(=O)Cc1nc(CCl)cs1. The smallest absolute Gasteiger partial charge is 0.231 e. The van der Waals surface area contributed by atoms with E-state index >= 15 is 0 Å². The number of hydrogen-bond acceptors (Lipinski definition) is 4. The fourth-order valence-electron chi connectivity index (χ4n) is 1.67. The Morgan fingerprint density at radius 1 is 1.45 bits per heavy atom. The number of anilines is 1. The molecule has 2 aromatic rings. The van der Waals surface area contributed by atoms with E-state index < -0.39 is 0 Å². The number of carbonyl (C=O) groups excluding carboxylic acids is 1. The number of ether oxygens (including phenoxy) is 1. The number of carbonyl (C=O) groups is 1. The quantitative estimate of drug-likeness (QED) is 0.831. The molecule has 1 heterocycles. The zero-order valence-electron chi connectivity index (χ0n) is 11.1. The summed E-state index contributed by atoms with van der Waals surface area (Å²) >= 11 is 7.13. The van der Waals surface area contributed by atoms with Gasteiger partial charge in [0.15, 0.2) is 0 Å². The predicted molar refractivity (Wildman–Crippen MR) is 81.6 cm³/mol. The molecular weight excluding hydrogens is 296 g/mol. The second-order valence-corrected chi connectivity index (χ2v) is 5.23. The van der Waals surface area contributed by atoms with Crippen molar-refractivity contribution in [2.24, 2.45) is 0 Å². The predicted octanol–water partition coefficient (Wildman–Crippen LogP) is 3.46. The molecule has 0 aliphatic carbocycles. The van der Waals surface area contributed by atoms with Gasteiger partial charge in [-0.05, 0) is 19.1 Å². The fraction of sp³-hybridized carbons (Fsp3) is 0.286. The monoisotopic (exact) mass is 310 g/mol.